The molecule has 0 saturated carbocycles. The number of nitrogens with zero attached hydrogens (tertiary/aromatic N) is 1. The predicted octanol–water partition coefficient (Wildman–Crippen LogP) is 3.59. The van der Waals surface area contributed by atoms with E-state index in [-0.39, 0.29) is 5.91 Å². The van der Waals surface area contributed by atoms with Crippen LogP contribution in [0.2, 0.25) is 0 Å². The molecule has 0 saturated heterocycles. The minimum absolute atomic E-state index is 0.148. The van der Waals surface area contributed by atoms with E-state index in [2.05, 4.69) is 0 Å². The highest BCUT2D eigenvalue weighted by molar-refractivity contribution is 5.91. The monoisotopic (exact) mass is 271 g/mol. The first kappa shape index (κ1) is 15.3. The second-order valence-electron chi connectivity index (χ2n) is 3.96. The highest BCUT2D eigenvalue weighted by Gasteiger charge is 2.29. The Balaban J connectivity index is 2.76. The molecule has 0 radical (unpaired) electrons. The third-order valence-corrected chi connectivity index (χ3v) is 2.73. The fraction of sp³-hybridized carbons (Fsp3) is 0.357. The first-order chi connectivity index (χ1) is 8.88. The van der Waals surface area contributed by atoms with Crippen molar-refractivity contribution in [1.82, 2.24) is 4.90 Å². The van der Waals surface area contributed by atoms with E-state index < -0.39 is 11.7 Å². The van der Waals surface area contributed by atoms with Crippen LogP contribution < -0.4 is 0 Å². The largest absolute Gasteiger partial charge is 0.416 e. The molecule has 0 aliphatic carbocycles. The number of benzene rings is 1. The summed E-state index contributed by atoms with van der Waals surface area (Å²) < 4.78 is 37.1. The summed E-state index contributed by atoms with van der Waals surface area (Å²) in [5, 5.41) is 0. The molecule has 0 fully saturated rings. The Morgan fingerprint density at radius 3 is 2.11 bits per heavy atom. The van der Waals surface area contributed by atoms with E-state index in [4.69, 9.17) is 0 Å². The van der Waals surface area contributed by atoms with Gasteiger partial charge in [-0.05, 0) is 37.6 Å². The van der Waals surface area contributed by atoms with Crippen molar-refractivity contribution in [3.63, 3.8) is 0 Å². The molecular formula is C14H16F3NO. The molecule has 0 aliphatic heterocycles. The summed E-state index contributed by atoms with van der Waals surface area (Å²) in [6.45, 7) is 4.94. The maximum Gasteiger partial charge on any atom is 0.416 e. The van der Waals surface area contributed by atoms with Gasteiger partial charge in [0, 0.05) is 19.2 Å². The second-order valence-corrected chi connectivity index (χ2v) is 3.96. The summed E-state index contributed by atoms with van der Waals surface area (Å²) in [6, 6.07) is 4.69. The van der Waals surface area contributed by atoms with Gasteiger partial charge < -0.3 is 4.90 Å². The summed E-state index contributed by atoms with van der Waals surface area (Å²) in [5.74, 6) is -0.148. The van der Waals surface area contributed by atoms with Gasteiger partial charge in [-0.15, -0.1) is 0 Å². The number of carbonyl (C=O) groups excluding carboxylic acids is 1. The zero-order chi connectivity index (χ0) is 14.5. The van der Waals surface area contributed by atoms with Gasteiger partial charge in [-0.1, -0.05) is 12.1 Å². The van der Waals surface area contributed by atoms with Gasteiger partial charge in [-0.25, -0.2) is 0 Å². The summed E-state index contributed by atoms with van der Waals surface area (Å²) in [4.78, 5) is 13.3. The van der Waals surface area contributed by atoms with Gasteiger partial charge in [0.1, 0.15) is 0 Å². The van der Waals surface area contributed by atoms with E-state index in [0.29, 0.717) is 18.7 Å². The van der Waals surface area contributed by atoms with Gasteiger partial charge in [0.05, 0.1) is 5.56 Å². The lowest BCUT2D eigenvalue weighted by atomic mass is 10.1. The van der Waals surface area contributed by atoms with Gasteiger partial charge >= 0.3 is 6.18 Å². The highest BCUT2D eigenvalue weighted by atomic mass is 19.4. The Labute approximate surface area is 110 Å². The molecule has 0 atom stereocenters. The predicted molar refractivity (Wildman–Crippen MR) is 68.4 cm³/mol. The maximum atomic E-state index is 12.4. The lowest BCUT2D eigenvalue weighted by molar-refractivity contribution is -0.137. The van der Waals surface area contributed by atoms with Crippen LogP contribution in [0.3, 0.4) is 0 Å². The van der Waals surface area contributed by atoms with Crippen LogP contribution in [0, 0.1) is 0 Å². The maximum absolute atomic E-state index is 12.4. The molecule has 0 N–H and O–H groups in total. The molecule has 0 aliphatic rings. The summed E-state index contributed by atoms with van der Waals surface area (Å²) in [5.41, 5.74) is -0.131. The molecule has 0 spiro atoms. The topological polar surface area (TPSA) is 20.3 Å². The Kier molecular flexibility index (Phi) is 5.15. The minimum atomic E-state index is -4.33. The number of hydrogen-bond acceptors (Lipinski definition) is 1. The molecule has 0 heterocycles. The number of alkyl halides is 3. The van der Waals surface area contributed by atoms with E-state index in [0.717, 1.165) is 12.1 Å². The first-order valence-corrected chi connectivity index (χ1v) is 6.02. The molecule has 2 nitrogen and oxygen atoms in total. The molecular weight excluding hydrogens is 255 g/mol. The molecule has 0 bridgehead atoms. The van der Waals surface area contributed by atoms with E-state index in [1.54, 1.807) is 4.90 Å². The number of likely N-dealkylation sites (N-methyl/N-ethyl adjacent to an activating group) is 1. The van der Waals surface area contributed by atoms with Crippen molar-refractivity contribution in [1.29, 1.82) is 0 Å². The molecule has 5 heteroatoms. The van der Waals surface area contributed by atoms with Crippen LogP contribution in [0.15, 0.2) is 30.3 Å². The molecule has 1 aromatic rings. The second kappa shape index (κ2) is 6.41. The van der Waals surface area contributed by atoms with Crippen molar-refractivity contribution >= 4 is 12.0 Å². The number of hydrogen-bond donors (Lipinski definition) is 0. The molecule has 0 unspecified atom stereocenters. The number of halogens is 3. The van der Waals surface area contributed by atoms with Crippen LogP contribution in [0.1, 0.15) is 25.0 Å². The highest BCUT2D eigenvalue weighted by Crippen LogP contribution is 2.29. The normalized spacial score (nSPS) is 11.8. The number of carbonyl (C=O) groups is 1. The van der Waals surface area contributed by atoms with Gasteiger partial charge in [0.15, 0.2) is 0 Å². The fourth-order valence-corrected chi connectivity index (χ4v) is 1.59. The summed E-state index contributed by atoms with van der Waals surface area (Å²) >= 11 is 0. The third-order valence-electron chi connectivity index (χ3n) is 2.73. The Bertz CT molecular complexity index is 445. The third kappa shape index (κ3) is 4.43. The van der Waals surface area contributed by atoms with Gasteiger partial charge in [0.25, 0.3) is 0 Å². The van der Waals surface area contributed by atoms with Gasteiger partial charge in [-0.3, -0.25) is 4.79 Å². The Hall–Kier alpha value is -1.78. The van der Waals surface area contributed by atoms with Crippen LogP contribution in [0.25, 0.3) is 6.08 Å². The number of rotatable bonds is 4. The van der Waals surface area contributed by atoms with Crippen LogP contribution in [-0.4, -0.2) is 23.9 Å². The van der Waals surface area contributed by atoms with Crippen molar-refractivity contribution in [3.05, 3.63) is 41.5 Å². The van der Waals surface area contributed by atoms with Crippen LogP contribution in [0.4, 0.5) is 13.2 Å². The van der Waals surface area contributed by atoms with Crippen LogP contribution >= 0.6 is 0 Å². The SMILES string of the molecule is CCN(CC)C(=O)/C=C/c1ccc(C(F)(F)F)cc1. The number of amides is 1. The average Bonchev–Trinajstić information content (AvgIpc) is 2.37. The minimum Gasteiger partial charge on any atom is -0.340 e. The van der Waals surface area contributed by atoms with E-state index in [9.17, 15) is 18.0 Å². The molecule has 1 amide bonds. The van der Waals surface area contributed by atoms with Crippen molar-refractivity contribution in [2.45, 2.75) is 20.0 Å². The Morgan fingerprint density at radius 2 is 1.68 bits per heavy atom. The smallest absolute Gasteiger partial charge is 0.340 e. The lowest BCUT2D eigenvalue weighted by Gasteiger charge is -2.15. The average molecular weight is 271 g/mol. The zero-order valence-electron chi connectivity index (χ0n) is 10.9. The lowest BCUT2D eigenvalue weighted by Crippen LogP contribution is -2.28. The molecule has 1 rings (SSSR count). The summed E-state index contributed by atoms with van der Waals surface area (Å²) in [6.07, 6.45) is -1.45. The standard InChI is InChI=1S/C14H16F3NO/c1-3-18(4-2)13(19)10-7-11-5-8-12(9-6-11)14(15,16)17/h5-10H,3-4H2,1-2H3/b10-7+. The van der Waals surface area contributed by atoms with E-state index >= 15 is 0 Å². The van der Waals surface area contributed by atoms with Gasteiger partial charge in [-0.2, -0.15) is 13.2 Å². The van der Waals surface area contributed by atoms with E-state index in [1.807, 2.05) is 13.8 Å². The quantitative estimate of drug-likeness (QED) is 0.766. The van der Waals surface area contributed by atoms with Crippen molar-refractivity contribution in [2.24, 2.45) is 0 Å². The Morgan fingerprint density at radius 1 is 1.16 bits per heavy atom. The molecule has 104 valence electrons. The fourth-order valence-electron chi connectivity index (χ4n) is 1.59. The van der Waals surface area contributed by atoms with Crippen molar-refractivity contribution < 1.29 is 18.0 Å². The molecule has 0 aromatic heterocycles. The molecule has 1 aromatic carbocycles. The first-order valence-electron chi connectivity index (χ1n) is 6.02. The van der Waals surface area contributed by atoms with Gasteiger partial charge in [0.2, 0.25) is 5.91 Å². The van der Waals surface area contributed by atoms with Crippen LogP contribution in [-0.2, 0) is 11.0 Å². The van der Waals surface area contributed by atoms with Crippen LogP contribution in [0.5, 0.6) is 0 Å². The molecule has 19 heavy (non-hydrogen) atoms. The zero-order valence-corrected chi connectivity index (χ0v) is 10.9. The van der Waals surface area contributed by atoms with E-state index in [1.165, 1.54) is 24.3 Å². The van der Waals surface area contributed by atoms with Crippen molar-refractivity contribution in [2.75, 3.05) is 13.1 Å². The van der Waals surface area contributed by atoms with Crippen molar-refractivity contribution in [3.8, 4) is 0 Å². The summed E-state index contributed by atoms with van der Waals surface area (Å²) in [7, 11) is 0.